The number of carbonyl (C=O) groups excluding carboxylic acids is 2. The molecule has 0 bridgehead atoms. The Morgan fingerprint density at radius 2 is 1.85 bits per heavy atom. The van der Waals surface area contributed by atoms with Crippen molar-refractivity contribution in [1.82, 2.24) is 9.80 Å². The van der Waals surface area contributed by atoms with Crippen LogP contribution in [0.25, 0.3) is 0 Å². The molecule has 1 aliphatic heterocycles. The van der Waals surface area contributed by atoms with Gasteiger partial charge in [-0.2, -0.15) is 0 Å². The fraction of sp³-hybridized carbons (Fsp3) is 0.538. The Morgan fingerprint density at radius 1 is 1.15 bits per heavy atom. The number of amides is 2. The summed E-state index contributed by atoms with van der Waals surface area (Å²) < 4.78 is 6.08. The Labute approximate surface area is 205 Å². The van der Waals surface area contributed by atoms with Gasteiger partial charge in [0.2, 0.25) is 11.8 Å². The molecule has 0 saturated heterocycles. The van der Waals surface area contributed by atoms with E-state index in [9.17, 15) is 9.59 Å². The number of fused-ring (bicyclic) bond motifs is 1. The van der Waals surface area contributed by atoms with E-state index in [1.54, 1.807) is 28.4 Å². The van der Waals surface area contributed by atoms with Crippen LogP contribution in [0, 0.1) is 5.92 Å². The van der Waals surface area contributed by atoms with Crippen LogP contribution in [0.2, 0.25) is 5.02 Å². The van der Waals surface area contributed by atoms with Crippen molar-refractivity contribution in [2.24, 2.45) is 5.92 Å². The number of ether oxygens (including phenoxy) is 1. The topological polar surface area (TPSA) is 49.9 Å². The van der Waals surface area contributed by atoms with E-state index >= 15 is 0 Å². The third-order valence-electron chi connectivity index (χ3n) is 6.71. The minimum absolute atomic E-state index is 0.0159. The summed E-state index contributed by atoms with van der Waals surface area (Å²) in [6, 6.07) is 9.20. The van der Waals surface area contributed by atoms with Crippen molar-refractivity contribution in [3.63, 3.8) is 0 Å². The number of benzene rings is 1. The van der Waals surface area contributed by atoms with E-state index < -0.39 is 5.54 Å². The van der Waals surface area contributed by atoms with E-state index in [4.69, 9.17) is 16.3 Å². The number of thiophene rings is 1. The summed E-state index contributed by atoms with van der Waals surface area (Å²) in [4.78, 5) is 32.0. The van der Waals surface area contributed by atoms with Crippen LogP contribution in [-0.2, 0) is 16.0 Å². The van der Waals surface area contributed by atoms with Gasteiger partial charge in [0, 0.05) is 27.9 Å². The Morgan fingerprint density at radius 3 is 2.52 bits per heavy atom. The van der Waals surface area contributed by atoms with E-state index in [0.29, 0.717) is 18.2 Å². The summed E-state index contributed by atoms with van der Waals surface area (Å²) >= 11 is 7.73. The van der Waals surface area contributed by atoms with Gasteiger partial charge in [-0.3, -0.25) is 9.59 Å². The van der Waals surface area contributed by atoms with Crippen LogP contribution in [0.4, 0.5) is 0 Å². The third-order valence-corrected chi connectivity index (χ3v) is 7.96. The fourth-order valence-electron chi connectivity index (χ4n) is 4.85. The van der Waals surface area contributed by atoms with Crippen molar-refractivity contribution >= 4 is 34.8 Å². The smallest absolute Gasteiger partial charge is 0.242 e. The summed E-state index contributed by atoms with van der Waals surface area (Å²) in [5.41, 5.74) is 0.742. The molecule has 2 amide bonds. The molecule has 2 heterocycles. The largest absolute Gasteiger partial charge is 0.491 e. The third kappa shape index (κ3) is 5.55. The van der Waals surface area contributed by atoms with Gasteiger partial charge in [0.1, 0.15) is 18.9 Å². The molecule has 1 fully saturated rings. The normalized spacial score (nSPS) is 18.8. The number of hydrogen-bond donors (Lipinski definition) is 0. The molecule has 0 spiro atoms. The Bertz CT molecular complexity index is 976. The lowest BCUT2D eigenvalue weighted by Crippen LogP contribution is -2.54. The van der Waals surface area contributed by atoms with Crippen LogP contribution in [0.3, 0.4) is 0 Å². The SMILES string of the molecule is CC(C)(C)N(CC(=O)N1CCc2sccc2[C@@H]1COc1ccc(Cl)cc1)C(=O)C1CCCC1. The highest BCUT2D eigenvalue weighted by atomic mass is 35.5. The predicted octanol–water partition coefficient (Wildman–Crippen LogP) is 5.72. The Balaban J connectivity index is 1.52. The maximum atomic E-state index is 13.6. The van der Waals surface area contributed by atoms with Gasteiger partial charge in [0.05, 0.1) is 6.04 Å². The van der Waals surface area contributed by atoms with Crippen molar-refractivity contribution in [3.8, 4) is 5.75 Å². The standard InChI is InChI=1S/C26H33ClN2O3S/c1-26(2,3)29(25(31)18-6-4-5-7-18)16-24(30)28-14-12-23-21(13-15-33-23)22(28)17-32-20-10-8-19(27)9-11-20/h8-11,13,15,18,22H,4-7,12,14,16-17H2,1-3H3/t22-/m0/s1. The molecule has 178 valence electrons. The number of carbonyl (C=O) groups is 2. The first-order valence-electron chi connectivity index (χ1n) is 11.8. The highest BCUT2D eigenvalue weighted by molar-refractivity contribution is 7.10. The summed E-state index contributed by atoms with van der Waals surface area (Å²) in [5.74, 6) is 0.876. The second-order valence-corrected chi connectivity index (χ2v) is 11.4. The molecule has 0 radical (unpaired) electrons. The van der Waals surface area contributed by atoms with Crippen LogP contribution in [-0.4, -0.2) is 46.8 Å². The average molecular weight is 489 g/mol. The molecule has 1 aromatic carbocycles. The van der Waals surface area contributed by atoms with Crippen molar-refractivity contribution in [2.45, 2.75) is 64.5 Å². The fourth-order valence-corrected chi connectivity index (χ4v) is 5.90. The van der Waals surface area contributed by atoms with Crippen LogP contribution in [0.5, 0.6) is 5.75 Å². The van der Waals surface area contributed by atoms with Crippen molar-refractivity contribution in [3.05, 3.63) is 51.2 Å². The first-order valence-corrected chi connectivity index (χ1v) is 13.1. The van der Waals surface area contributed by atoms with E-state index in [0.717, 1.165) is 43.4 Å². The summed E-state index contributed by atoms with van der Waals surface area (Å²) in [6.45, 7) is 7.15. The van der Waals surface area contributed by atoms with Gasteiger partial charge in [0.25, 0.3) is 0 Å². The molecule has 2 aromatic rings. The molecule has 1 atom stereocenters. The van der Waals surface area contributed by atoms with Crippen molar-refractivity contribution < 1.29 is 14.3 Å². The summed E-state index contributed by atoms with van der Waals surface area (Å²) in [6.07, 6.45) is 4.89. The van der Waals surface area contributed by atoms with Crippen LogP contribution in [0.1, 0.15) is 62.9 Å². The molecule has 2 aliphatic rings. The van der Waals surface area contributed by atoms with Crippen molar-refractivity contribution in [2.75, 3.05) is 19.7 Å². The number of rotatable bonds is 6. The predicted molar refractivity (Wildman–Crippen MR) is 133 cm³/mol. The lowest BCUT2D eigenvalue weighted by molar-refractivity contribution is -0.149. The molecule has 7 heteroatoms. The number of nitrogens with zero attached hydrogens (tertiary/aromatic N) is 2. The lowest BCUT2D eigenvalue weighted by Gasteiger charge is -2.41. The number of halogens is 1. The maximum Gasteiger partial charge on any atom is 0.242 e. The second-order valence-electron chi connectivity index (χ2n) is 9.99. The van der Waals surface area contributed by atoms with Gasteiger partial charge in [-0.15, -0.1) is 11.3 Å². The molecule has 1 aliphatic carbocycles. The van der Waals surface area contributed by atoms with Crippen molar-refractivity contribution in [1.29, 1.82) is 0 Å². The molecule has 0 unspecified atom stereocenters. The zero-order chi connectivity index (χ0) is 23.6. The quantitative estimate of drug-likeness (QED) is 0.522. The molecule has 4 rings (SSSR count). The molecular formula is C26H33ClN2O3S. The highest BCUT2D eigenvalue weighted by Crippen LogP contribution is 2.35. The lowest BCUT2D eigenvalue weighted by atomic mass is 9.98. The molecule has 33 heavy (non-hydrogen) atoms. The first-order chi connectivity index (χ1) is 15.7. The van der Waals surface area contributed by atoms with Crippen LogP contribution in [0.15, 0.2) is 35.7 Å². The first kappa shape index (κ1) is 24.1. The molecule has 1 saturated carbocycles. The molecule has 0 N–H and O–H groups in total. The number of hydrogen-bond acceptors (Lipinski definition) is 4. The zero-order valence-electron chi connectivity index (χ0n) is 19.7. The van der Waals surface area contributed by atoms with E-state index in [1.807, 2.05) is 37.8 Å². The Hall–Kier alpha value is -2.05. The van der Waals surface area contributed by atoms with E-state index in [1.165, 1.54) is 4.88 Å². The Kier molecular flexibility index (Phi) is 7.34. The minimum Gasteiger partial charge on any atom is -0.491 e. The molecular weight excluding hydrogens is 456 g/mol. The van der Waals surface area contributed by atoms with E-state index in [-0.39, 0.29) is 30.3 Å². The van der Waals surface area contributed by atoms with Gasteiger partial charge in [-0.1, -0.05) is 24.4 Å². The second kappa shape index (κ2) is 10.1. The highest BCUT2D eigenvalue weighted by Gasteiger charge is 2.38. The molecule has 1 aromatic heterocycles. The van der Waals surface area contributed by atoms with Gasteiger partial charge in [-0.25, -0.2) is 0 Å². The summed E-state index contributed by atoms with van der Waals surface area (Å²) in [5, 5.41) is 2.74. The van der Waals surface area contributed by atoms with Gasteiger partial charge in [0.15, 0.2) is 0 Å². The minimum atomic E-state index is -0.409. The zero-order valence-corrected chi connectivity index (χ0v) is 21.3. The maximum absolute atomic E-state index is 13.6. The average Bonchev–Trinajstić information content (AvgIpc) is 3.47. The van der Waals surface area contributed by atoms with Crippen LogP contribution < -0.4 is 4.74 Å². The van der Waals surface area contributed by atoms with Gasteiger partial charge >= 0.3 is 0 Å². The summed E-state index contributed by atoms with van der Waals surface area (Å²) in [7, 11) is 0. The van der Waals surface area contributed by atoms with Gasteiger partial charge in [-0.05, 0) is 81.3 Å². The van der Waals surface area contributed by atoms with Gasteiger partial charge < -0.3 is 14.5 Å². The molecule has 5 nitrogen and oxygen atoms in total. The monoisotopic (exact) mass is 488 g/mol. The van der Waals surface area contributed by atoms with Crippen LogP contribution >= 0.6 is 22.9 Å². The van der Waals surface area contributed by atoms with E-state index in [2.05, 4.69) is 11.4 Å².